The minimum absolute atomic E-state index is 0.0181. The SMILES string of the molecule is CCNC(=NCc1c(CC)nn(C)c1CC)N(C)CC(=O)NC(C)(C)C. The van der Waals surface area contributed by atoms with Crippen LogP contribution in [0.15, 0.2) is 4.99 Å². The lowest BCUT2D eigenvalue weighted by Gasteiger charge is -2.25. The summed E-state index contributed by atoms with van der Waals surface area (Å²) < 4.78 is 1.96. The number of aliphatic imine (C=N–C) groups is 1. The van der Waals surface area contributed by atoms with E-state index < -0.39 is 0 Å². The normalized spacial score (nSPS) is 12.2. The molecule has 0 fully saturated rings. The van der Waals surface area contributed by atoms with Crippen LogP contribution in [0.3, 0.4) is 0 Å². The molecule has 7 heteroatoms. The second kappa shape index (κ2) is 9.59. The van der Waals surface area contributed by atoms with E-state index in [0.717, 1.165) is 31.0 Å². The molecule has 0 aromatic carbocycles. The fourth-order valence-corrected chi connectivity index (χ4v) is 2.94. The van der Waals surface area contributed by atoms with Crippen LogP contribution in [0.2, 0.25) is 0 Å². The first-order valence-electron chi connectivity index (χ1n) is 9.46. The number of aromatic nitrogens is 2. The molecule has 0 aliphatic heterocycles. The number of hydrogen-bond acceptors (Lipinski definition) is 3. The van der Waals surface area contributed by atoms with Crippen LogP contribution in [0, 0.1) is 0 Å². The maximum absolute atomic E-state index is 12.2. The van der Waals surface area contributed by atoms with E-state index in [4.69, 9.17) is 4.99 Å². The molecule has 0 radical (unpaired) electrons. The molecular formula is C19H36N6O. The largest absolute Gasteiger partial charge is 0.357 e. The van der Waals surface area contributed by atoms with E-state index in [1.807, 2.05) is 51.4 Å². The number of carbonyl (C=O) groups excluding carboxylic acids is 1. The van der Waals surface area contributed by atoms with Crippen molar-refractivity contribution in [1.82, 2.24) is 25.3 Å². The maximum atomic E-state index is 12.2. The van der Waals surface area contributed by atoms with Gasteiger partial charge in [-0.2, -0.15) is 5.10 Å². The van der Waals surface area contributed by atoms with Crippen LogP contribution in [-0.2, 0) is 31.2 Å². The van der Waals surface area contributed by atoms with Gasteiger partial charge in [-0.1, -0.05) is 13.8 Å². The Kier molecular flexibility index (Phi) is 8.11. The molecule has 0 saturated carbocycles. The van der Waals surface area contributed by atoms with E-state index in [1.54, 1.807) is 0 Å². The molecule has 1 aromatic rings. The second-order valence-corrected chi connectivity index (χ2v) is 7.53. The summed E-state index contributed by atoms with van der Waals surface area (Å²) in [5.74, 6) is 0.708. The van der Waals surface area contributed by atoms with E-state index >= 15 is 0 Å². The van der Waals surface area contributed by atoms with Gasteiger partial charge in [-0.05, 0) is 40.5 Å². The Balaban J connectivity index is 2.94. The Morgan fingerprint density at radius 3 is 2.38 bits per heavy atom. The van der Waals surface area contributed by atoms with E-state index in [-0.39, 0.29) is 18.0 Å². The number of aryl methyl sites for hydroxylation is 2. The number of hydrogen-bond donors (Lipinski definition) is 2. The number of amides is 1. The van der Waals surface area contributed by atoms with Crippen molar-refractivity contribution in [2.75, 3.05) is 20.1 Å². The fourth-order valence-electron chi connectivity index (χ4n) is 2.94. The Bertz CT molecular complexity index is 627. The lowest BCUT2D eigenvalue weighted by molar-refractivity contribution is -0.122. The molecule has 2 N–H and O–H groups in total. The zero-order valence-corrected chi connectivity index (χ0v) is 17.7. The third-order valence-corrected chi connectivity index (χ3v) is 4.01. The van der Waals surface area contributed by atoms with Crippen molar-refractivity contribution in [3.63, 3.8) is 0 Å². The molecule has 0 spiro atoms. The number of nitrogens with one attached hydrogen (secondary N) is 2. The summed E-state index contributed by atoms with van der Waals surface area (Å²) in [5.41, 5.74) is 3.27. The first-order chi connectivity index (χ1) is 12.1. The van der Waals surface area contributed by atoms with Crippen molar-refractivity contribution < 1.29 is 4.79 Å². The van der Waals surface area contributed by atoms with E-state index in [2.05, 4.69) is 29.6 Å². The van der Waals surface area contributed by atoms with Crippen molar-refractivity contribution in [2.24, 2.45) is 12.0 Å². The van der Waals surface area contributed by atoms with Gasteiger partial charge in [-0.15, -0.1) is 0 Å². The minimum atomic E-state index is -0.241. The number of carbonyl (C=O) groups is 1. The van der Waals surface area contributed by atoms with Gasteiger partial charge < -0.3 is 15.5 Å². The molecule has 0 atom stereocenters. The van der Waals surface area contributed by atoms with Crippen LogP contribution in [-0.4, -0.2) is 52.2 Å². The quantitative estimate of drug-likeness (QED) is 0.572. The topological polar surface area (TPSA) is 74.5 Å². The zero-order chi connectivity index (χ0) is 19.9. The van der Waals surface area contributed by atoms with Crippen molar-refractivity contribution in [1.29, 1.82) is 0 Å². The summed E-state index contributed by atoms with van der Waals surface area (Å²) in [5, 5.41) is 10.9. The lowest BCUT2D eigenvalue weighted by atomic mass is 10.1. The van der Waals surface area contributed by atoms with Crippen LogP contribution < -0.4 is 10.6 Å². The van der Waals surface area contributed by atoms with Crippen LogP contribution >= 0.6 is 0 Å². The Labute approximate surface area is 158 Å². The van der Waals surface area contributed by atoms with Gasteiger partial charge in [0.15, 0.2) is 5.96 Å². The first-order valence-corrected chi connectivity index (χ1v) is 9.46. The van der Waals surface area contributed by atoms with E-state index in [9.17, 15) is 4.79 Å². The van der Waals surface area contributed by atoms with Gasteiger partial charge in [0.2, 0.25) is 5.91 Å². The van der Waals surface area contributed by atoms with Gasteiger partial charge in [-0.3, -0.25) is 9.48 Å². The highest BCUT2D eigenvalue weighted by Gasteiger charge is 2.18. The molecule has 26 heavy (non-hydrogen) atoms. The summed E-state index contributed by atoms with van der Waals surface area (Å²) in [6.07, 6.45) is 1.81. The number of guanidine groups is 1. The minimum Gasteiger partial charge on any atom is -0.357 e. The molecule has 0 saturated heterocycles. The van der Waals surface area contributed by atoms with E-state index in [0.29, 0.717) is 6.54 Å². The summed E-state index contributed by atoms with van der Waals surface area (Å²) in [6.45, 7) is 13.8. The molecule has 1 heterocycles. The Hall–Kier alpha value is -2.05. The standard InChI is InChI=1S/C19H36N6O/c1-9-15-14(16(10-2)25(8)23-15)12-21-18(20-11-3)24(7)13-17(26)22-19(4,5)6/h9-13H2,1-8H3,(H,20,21)(H,22,26). The third kappa shape index (κ3) is 6.35. The smallest absolute Gasteiger partial charge is 0.240 e. The first kappa shape index (κ1) is 22.0. The predicted octanol–water partition coefficient (Wildman–Crippen LogP) is 1.86. The molecule has 1 rings (SSSR count). The van der Waals surface area contributed by atoms with Crippen molar-refractivity contribution >= 4 is 11.9 Å². The highest BCUT2D eigenvalue weighted by molar-refractivity contribution is 5.86. The average Bonchev–Trinajstić information content (AvgIpc) is 2.84. The van der Waals surface area contributed by atoms with Gasteiger partial charge in [0, 0.05) is 37.4 Å². The number of nitrogens with zero attached hydrogens (tertiary/aromatic N) is 4. The van der Waals surface area contributed by atoms with Crippen LogP contribution in [0.1, 0.15) is 58.5 Å². The molecule has 7 nitrogen and oxygen atoms in total. The summed E-state index contributed by atoms with van der Waals surface area (Å²) in [4.78, 5) is 18.8. The molecule has 0 aliphatic carbocycles. The van der Waals surface area contributed by atoms with Crippen LogP contribution in [0.5, 0.6) is 0 Å². The van der Waals surface area contributed by atoms with Gasteiger partial charge in [-0.25, -0.2) is 4.99 Å². The highest BCUT2D eigenvalue weighted by Crippen LogP contribution is 2.16. The summed E-state index contributed by atoms with van der Waals surface area (Å²) in [7, 11) is 3.87. The fraction of sp³-hybridized carbons (Fsp3) is 0.737. The summed E-state index contributed by atoms with van der Waals surface area (Å²) >= 11 is 0. The molecule has 1 amide bonds. The van der Waals surface area contributed by atoms with E-state index in [1.165, 1.54) is 11.3 Å². The van der Waals surface area contributed by atoms with Gasteiger partial charge >= 0.3 is 0 Å². The monoisotopic (exact) mass is 364 g/mol. The second-order valence-electron chi connectivity index (χ2n) is 7.53. The Morgan fingerprint density at radius 1 is 1.23 bits per heavy atom. The number of likely N-dealkylation sites (N-methyl/N-ethyl adjacent to an activating group) is 1. The highest BCUT2D eigenvalue weighted by atomic mass is 16.2. The van der Waals surface area contributed by atoms with Gasteiger partial charge in [0.25, 0.3) is 0 Å². The predicted molar refractivity (Wildman–Crippen MR) is 107 cm³/mol. The molecule has 148 valence electrons. The summed E-state index contributed by atoms with van der Waals surface area (Å²) in [6, 6.07) is 0. The van der Waals surface area contributed by atoms with Crippen LogP contribution in [0.25, 0.3) is 0 Å². The molecular weight excluding hydrogens is 328 g/mol. The van der Waals surface area contributed by atoms with Crippen molar-refractivity contribution in [3.05, 3.63) is 17.0 Å². The average molecular weight is 365 g/mol. The third-order valence-electron chi connectivity index (χ3n) is 4.01. The lowest BCUT2D eigenvalue weighted by Crippen LogP contribution is -2.48. The van der Waals surface area contributed by atoms with Crippen molar-refractivity contribution in [2.45, 2.75) is 66.5 Å². The molecule has 0 aliphatic rings. The van der Waals surface area contributed by atoms with Crippen molar-refractivity contribution in [3.8, 4) is 0 Å². The van der Waals surface area contributed by atoms with Crippen LogP contribution in [0.4, 0.5) is 0 Å². The van der Waals surface area contributed by atoms with Gasteiger partial charge in [0.05, 0.1) is 18.8 Å². The zero-order valence-electron chi connectivity index (χ0n) is 17.7. The Morgan fingerprint density at radius 2 is 1.88 bits per heavy atom. The molecule has 0 unspecified atom stereocenters. The molecule has 1 aromatic heterocycles. The van der Waals surface area contributed by atoms with Gasteiger partial charge in [0.1, 0.15) is 0 Å². The molecule has 0 bridgehead atoms. The number of rotatable bonds is 7. The maximum Gasteiger partial charge on any atom is 0.240 e.